The SMILES string of the molecule is CCn1cc(C(=O)OC)c(=O)cc1-c1ccc(-n2cccc2)cc1. The van der Waals surface area contributed by atoms with E-state index in [1.54, 1.807) is 6.20 Å². The largest absolute Gasteiger partial charge is 0.465 e. The molecule has 0 amide bonds. The van der Waals surface area contributed by atoms with Gasteiger partial charge in [-0.3, -0.25) is 4.79 Å². The van der Waals surface area contributed by atoms with E-state index in [0.717, 1.165) is 16.9 Å². The fourth-order valence-corrected chi connectivity index (χ4v) is 2.66. The Balaban J connectivity index is 2.04. The second-order valence-corrected chi connectivity index (χ2v) is 5.35. The second-order valence-electron chi connectivity index (χ2n) is 5.35. The summed E-state index contributed by atoms with van der Waals surface area (Å²) in [7, 11) is 1.27. The van der Waals surface area contributed by atoms with E-state index in [-0.39, 0.29) is 11.0 Å². The minimum atomic E-state index is -0.614. The van der Waals surface area contributed by atoms with Crippen LogP contribution in [-0.4, -0.2) is 22.2 Å². The molecule has 2 heterocycles. The van der Waals surface area contributed by atoms with Crippen LogP contribution in [0.5, 0.6) is 0 Å². The molecule has 0 aliphatic heterocycles. The van der Waals surface area contributed by atoms with Gasteiger partial charge in [0.05, 0.1) is 12.8 Å². The summed E-state index contributed by atoms with van der Waals surface area (Å²) in [5, 5.41) is 0. The average Bonchev–Trinajstić information content (AvgIpc) is 3.15. The molecule has 5 nitrogen and oxygen atoms in total. The van der Waals surface area contributed by atoms with Gasteiger partial charge in [0.15, 0.2) is 5.43 Å². The molecule has 3 aromatic rings. The minimum Gasteiger partial charge on any atom is -0.465 e. The molecule has 24 heavy (non-hydrogen) atoms. The second kappa shape index (κ2) is 6.58. The Morgan fingerprint density at radius 2 is 1.79 bits per heavy atom. The van der Waals surface area contributed by atoms with Crippen LogP contribution in [0.2, 0.25) is 0 Å². The predicted octanol–water partition coefficient (Wildman–Crippen LogP) is 3.11. The number of nitrogens with zero attached hydrogens (tertiary/aromatic N) is 2. The monoisotopic (exact) mass is 322 g/mol. The summed E-state index contributed by atoms with van der Waals surface area (Å²) in [6, 6.07) is 13.3. The van der Waals surface area contributed by atoms with Gasteiger partial charge < -0.3 is 13.9 Å². The number of carbonyl (C=O) groups is 1. The fourth-order valence-electron chi connectivity index (χ4n) is 2.66. The van der Waals surface area contributed by atoms with Crippen molar-refractivity contribution in [3.63, 3.8) is 0 Å². The summed E-state index contributed by atoms with van der Waals surface area (Å²) in [5.41, 5.74) is 2.44. The van der Waals surface area contributed by atoms with Gasteiger partial charge in [0.2, 0.25) is 0 Å². The van der Waals surface area contributed by atoms with Crippen LogP contribution in [0.4, 0.5) is 0 Å². The highest BCUT2D eigenvalue weighted by Gasteiger charge is 2.14. The molecule has 3 rings (SSSR count). The molecule has 0 saturated carbocycles. The zero-order valence-electron chi connectivity index (χ0n) is 13.6. The highest BCUT2D eigenvalue weighted by molar-refractivity contribution is 5.89. The highest BCUT2D eigenvalue weighted by atomic mass is 16.5. The van der Waals surface area contributed by atoms with E-state index in [1.807, 2.05) is 64.8 Å². The van der Waals surface area contributed by atoms with Crippen molar-refractivity contribution in [3.05, 3.63) is 76.8 Å². The topological polar surface area (TPSA) is 53.2 Å². The van der Waals surface area contributed by atoms with Crippen LogP contribution in [0.3, 0.4) is 0 Å². The number of methoxy groups -OCH3 is 1. The van der Waals surface area contributed by atoms with Crippen LogP contribution in [0.1, 0.15) is 17.3 Å². The number of hydrogen-bond donors (Lipinski definition) is 0. The van der Waals surface area contributed by atoms with Gasteiger partial charge in [0.1, 0.15) is 5.56 Å². The molecule has 1 aromatic carbocycles. The van der Waals surface area contributed by atoms with Crippen LogP contribution in [0, 0.1) is 0 Å². The maximum absolute atomic E-state index is 12.2. The first-order chi connectivity index (χ1) is 11.6. The van der Waals surface area contributed by atoms with Crippen molar-refractivity contribution in [1.82, 2.24) is 9.13 Å². The van der Waals surface area contributed by atoms with E-state index in [4.69, 9.17) is 0 Å². The summed E-state index contributed by atoms with van der Waals surface area (Å²) in [6.07, 6.45) is 5.51. The van der Waals surface area contributed by atoms with Crippen molar-refractivity contribution >= 4 is 5.97 Å². The molecule has 0 fully saturated rings. The van der Waals surface area contributed by atoms with Crippen LogP contribution in [0.25, 0.3) is 16.9 Å². The summed E-state index contributed by atoms with van der Waals surface area (Å²) < 4.78 is 8.55. The van der Waals surface area contributed by atoms with Gasteiger partial charge in [-0.2, -0.15) is 0 Å². The summed E-state index contributed by atoms with van der Waals surface area (Å²) in [6.45, 7) is 2.60. The number of aryl methyl sites for hydroxylation is 1. The molecular weight excluding hydrogens is 304 g/mol. The number of pyridine rings is 1. The number of aromatic nitrogens is 2. The molecule has 0 N–H and O–H groups in total. The van der Waals surface area contributed by atoms with Crippen LogP contribution in [0.15, 0.2) is 65.8 Å². The van der Waals surface area contributed by atoms with Crippen molar-refractivity contribution in [2.24, 2.45) is 0 Å². The highest BCUT2D eigenvalue weighted by Crippen LogP contribution is 2.21. The standard InChI is InChI=1S/C19H18N2O3/c1-3-20-13-16(19(23)24-2)18(22)12-17(20)14-6-8-15(9-7-14)21-10-4-5-11-21/h4-13H,3H2,1-2H3. The number of benzene rings is 1. The maximum atomic E-state index is 12.2. The molecule has 0 spiro atoms. The Bertz CT molecular complexity index is 907. The molecule has 122 valence electrons. The molecule has 2 aromatic heterocycles. The number of esters is 1. The first kappa shape index (κ1) is 15.8. The molecular formula is C19H18N2O3. The smallest absolute Gasteiger partial charge is 0.343 e. The lowest BCUT2D eigenvalue weighted by atomic mass is 10.1. The van der Waals surface area contributed by atoms with Gasteiger partial charge in [-0.15, -0.1) is 0 Å². The van der Waals surface area contributed by atoms with E-state index in [2.05, 4.69) is 4.74 Å². The summed E-state index contributed by atoms with van der Waals surface area (Å²) in [4.78, 5) is 23.9. The Morgan fingerprint density at radius 1 is 1.12 bits per heavy atom. The lowest BCUT2D eigenvalue weighted by molar-refractivity contribution is 0.0598. The van der Waals surface area contributed by atoms with Gasteiger partial charge in [0.25, 0.3) is 0 Å². The van der Waals surface area contributed by atoms with Crippen molar-refractivity contribution in [2.45, 2.75) is 13.5 Å². The normalized spacial score (nSPS) is 10.6. The zero-order valence-corrected chi connectivity index (χ0v) is 13.6. The third-order valence-corrected chi connectivity index (χ3v) is 3.94. The van der Waals surface area contributed by atoms with Gasteiger partial charge in [-0.05, 0) is 36.8 Å². The molecule has 0 saturated heterocycles. The van der Waals surface area contributed by atoms with Gasteiger partial charge in [-0.1, -0.05) is 12.1 Å². The van der Waals surface area contributed by atoms with Crippen molar-refractivity contribution in [3.8, 4) is 16.9 Å². The number of carbonyl (C=O) groups excluding carboxylic acids is 1. The van der Waals surface area contributed by atoms with Crippen LogP contribution >= 0.6 is 0 Å². The summed E-state index contributed by atoms with van der Waals surface area (Å²) >= 11 is 0. The van der Waals surface area contributed by atoms with Crippen molar-refractivity contribution in [2.75, 3.05) is 7.11 Å². The lowest BCUT2D eigenvalue weighted by Gasteiger charge is -2.13. The third-order valence-electron chi connectivity index (χ3n) is 3.94. The first-order valence-corrected chi connectivity index (χ1v) is 7.70. The van der Waals surface area contributed by atoms with Gasteiger partial charge >= 0.3 is 5.97 Å². The zero-order chi connectivity index (χ0) is 17.1. The lowest BCUT2D eigenvalue weighted by Crippen LogP contribution is -2.19. The molecule has 0 unspecified atom stereocenters. The Labute approximate surface area is 139 Å². The van der Waals surface area contributed by atoms with E-state index >= 15 is 0 Å². The number of ether oxygens (including phenoxy) is 1. The average molecular weight is 322 g/mol. The van der Waals surface area contributed by atoms with Crippen LogP contribution < -0.4 is 5.43 Å². The fraction of sp³-hybridized carbons (Fsp3) is 0.158. The first-order valence-electron chi connectivity index (χ1n) is 7.70. The minimum absolute atomic E-state index is 0.0482. The molecule has 5 heteroatoms. The van der Waals surface area contributed by atoms with E-state index in [9.17, 15) is 9.59 Å². The number of rotatable bonds is 4. The van der Waals surface area contributed by atoms with Crippen molar-refractivity contribution in [1.29, 1.82) is 0 Å². The van der Waals surface area contributed by atoms with Crippen molar-refractivity contribution < 1.29 is 9.53 Å². The van der Waals surface area contributed by atoms with E-state index in [1.165, 1.54) is 13.2 Å². The van der Waals surface area contributed by atoms with Crippen LogP contribution in [-0.2, 0) is 11.3 Å². The molecule has 0 atom stereocenters. The van der Waals surface area contributed by atoms with Gasteiger partial charge in [-0.25, -0.2) is 4.79 Å². The quantitative estimate of drug-likeness (QED) is 0.694. The molecule has 0 aliphatic rings. The Kier molecular flexibility index (Phi) is 4.33. The maximum Gasteiger partial charge on any atom is 0.343 e. The number of hydrogen-bond acceptors (Lipinski definition) is 3. The van der Waals surface area contributed by atoms with E-state index < -0.39 is 5.97 Å². The third kappa shape index (κ3) is 2.88. The Morgan fingerprint density at radius 3 is 2.38 bits per heavy atom. The van der Waals surface area contributed by atoms with Gasteiger partial charge in [0, 0.05) is 36.9 Å². The Hall–Kier alpha value is -3.08. The summed E-state index contributed by atoms with van der Waals surface area (Å²) in [5.74, 6) is -0.614. The molecule has 0 bridgehead atoms. The molecule has 0 aliphatic carbocycles. The predicted molar refractivity (Wildman–Crippen MR) is 92.5 cm³/mol. The molecule has 0 radical (unpaired) electrons. The van der Waals surface area contributed by atoms with E-state index in [0.29, 0.717) is 6.54 Å².